The van der Waals surface area contributed by atoms with Gasteiger partial charge in [0.1, 0.15) is 0 Å². The van der Waals surface area contributed by atoms with Crippen LogP contribution in [0.4, 0.5) is 0 Å². The van der Waals surface area contributed by atoms with Crippen molar-refractivity contribution in [2.45, 2.75) is 42.2 Å². The van der Waals surface area contributed by atoms with E-state index in [2.05, 4.69) is 43.3 Å². The van der Waals surface area contributed by atoms with Crippen LogP contribution in [0.2, 0.25) is 3.63 Å². The molecule has 0 saturated carbocycles. The van der Waals surface area contributed by atoms with Crippen molar-refractivity contribution < 1.29 is 24.7 Å². The van der Waals surface area contributed by atoms with Gasteiger partial charge in [-0.2, -0.15) is 0 Å². The molecule has 0 saturated heterocycles. The van der Waals surface area contributed by atoms with E-state index in [9.17, 15) is 0 Å². The van der Waals surface area contributed by atoms with Gasteiger partial charge in [-0.15, -0.1) is 0 Å². The van der Waals surface area contributed by atoms with Gasteiger partial charge in [-0.05, 0) is 0 Å². The predicted molar refractivity (Wildman–Crippen MR) is 66.1 cm³/mol. The molecule has 2 rings (SSSR count). The molecule has 0 aromatic heterocycles. The van der Waals surface area contributed by atoms with Crippen molar-refractivity contribution in [3.05, 3.63) is 41.5 Å². The molecule has 1 aromatic rings. The molecule has 16 heavy (non-hydrogen) atoms. The van der Waals surface area contributed by atoms with Crippen molar-refractivity contribution in [3.8, 4) is 0 Å². The van der Waals surface area contributed by atoms with Gasteiger partial charge in [0.05, 0.1) is 0 Å². The molecule has 2 unspecified atom stereocenters. The number of allylic oxidation sites excluding steroid dienone is 1. The normalized spacial score (nSPS) is 19.6. The third-order valence-corrected chi connectivity index (χ3v) is 5.18. The second kappa shape index (κ2) is 5.96. The van der Waals surface area contributed by atoms with Crippen LogP contribution >= 0.6 is 0 Å². The molecule has 1 aliphatic carbocycles. The Bertz CT molecular complexity index is 367. The first-order valence-corrected chi connectivity index (χ1v) is 7.71. The Labute approximate surface area is 114 Å². The van der Waals surface area contributed by atoms with Crippen LogP contribution in [-0.2, 0) is 24.7 Å². The minimum absolute atomic E-state index is 0.691. The number of benzene rings is 1. The Hall–Kier alpha value is -0.157. The zero-order valence-corrected chi connectivity index (χ0v) is 12.4. The van der Waals surface area contributed by atoms with Crippen molar-refractivity contribution in [2.75, 3.05) is 0 Å². The molecule has 2 atom stereocenters. The summed E-state index contributed by atoms with van der Waals surface area (Å²) in [4.78, 5) is 0. The van der Waals surface area contributed by atoms with Crippen molar-refractivity contribution in [2.24, 2.45) is 0 Å². The number of fused-ring (bicyclic) bond motifs is 1. The molecule has 0 bridgehead atoms. The fourth-order valence-electron chi connectivity index (χ4n) is 2.36. The second-order valence-corrected chi connectivity index (χ2v) is 6.64. The van der Waals surface area contributed by atoms with Gasteiger partial charge in [0.15, 0.2) is 0 Å². The van der Waals surface area contributed by atoms with Gasteiger partial charge in [-0.25, -0.2) is 0 Å². The van der Waals surface area contributed by atoms with Crippen LogP contribution in [0.1, 0.15) is 49.7 Å². The minimum atomic E-state index is 0.691. The Morgan fingerprint density at radius 2 is 2.12 bits per heavy atom. The van der Waals surface area contributed by atoms with Crippen molar-refractivity contribution >= 4 is 6.08 Å². The zero-order valence-electron chi connectivity index (χ0n) is 9.95. The molecule has 1 aliphatic rings. The molecule has 0 radical (unpaired) electrons. The van der Waals surface area contributed by atoms with Crippen LogP contribution in [0.5, 0.6) is 0 Å². The Kier molecular flexibility index (Phi) is 4.58. The van der Waals surface area contributed by atoms with Crippen molar-refractivity contribution in [1.82, 2.24) is 0 Å². The van der Waals surface area contributed by atoms with Crippen LogP contribution < -0.4 is 0 Å². The molecule has 0 aliphatic heterocycles. The van der Waals surface area contributed by atoms with E-state index in [1.165, 1.54) is 31.2 Å². The van der Waals surface area contributed by atoms with Gasteiger partial charge in [-0.1, -0.05) is 0 Å². The summed E-state index contributed by atoms with van der Waals surface area (Å²) in [5, 5.41) is 0. The van der Waals surface area contributed by atoms with Gasteiger partial charge in [0.2, 0.25) is 0 Å². The first-order valence-electron chi connectivity index (χ1n) is 6.29. The Balaban J connectivity index is 1.87. The molecule has 0 amide bonds. The summed E-state index contributed by atoms with van der Waals surface area (Å²) in [5.41, 5.74) is 2.97. The number of hydrogen-bond donors (Lipinski definition) is 0. The number of rotatable bonds is 5. The summed E-state index contributed by atoms with van der Waals surface area (Å²) in [6, 6.07) is 8.81. The fourth-order valence-corrected chi connectivity index (χ4v) is 2.87. The van der Waals surface area contributed by atoms with Gasteiger partial charge in [0.25, 0.3) is 0 Å². The monoisotopic (exact) mass is 289 g/mol. The zero-order chi connectivity index (χ0) is 11.4. The van der Waals surface area contributed by atoms with E-state index >= 15 is 0 Å². The first kappa shape index (κ1) is 12.3. The van der Waals surface area contributed by atoms with E-state index in [0.29, 0.717) is 5.92 Å². The van der Waals surface area contributed by atoms with Gasteiger partial charge >= 0.3 is 114 Å². The summed E-state index contributed by atoms with van der Waals surface area (Å²) in [7, 11) is 0. The number of hydrogen-bond acceptors (Lipinski definition) is 0. The fraction of sp³-hybridized carbons (Fsp3) is 0.467. The van der Waals surface area contributed by atoms with Gasteiger partial charge in [0, 0.05) is 0 Å². The average molecular weight is 291 g/mol. The molecule has 0 heterocycles. The van der Waals surface area contributed by atoms with E-state index in [1.807, 2.05) is 0 Å². The van der Waals surface area contributed by atoms with Crippen LogP contribution in [0, 0.1) is 0 Å². The standard InChI is InChI=1S/C15H19.Zr/c1-2-3-4-5-8-13-11-12-14-9-6-7-10-15(13)14;/h3,6-7,9-13H,2,4-5,8H2,1H3;. The van der Waals surface area contributed by atoms with Gasteiger partial charge < -0.3 is 0 Å². The summed E-state index contributed by atoms with van der Waals surface area (Å²) in [6.45, 7) is 2.31. The van der Waals surface area contributed by atoms with Crippen molar-refractivity contribution in [3.63, 3.8) is 0 Å². The molecule has 0 fully saturated rings. The quantitative estimate of drug-likeness (QED) is 0.736. The molecule has 83 valence electrons. The maximum atomic E-state index is 2.38. The molecular formula is C15H19Zr. The SMILES string of the molecule is CC[CH]([Zr])CCCC1C=Cc2ccccc21. The van der Waals surface area contributed by atoms with Crippen LogP contribution in [0.25, 0.3) is 6.08 Å². The second-order valence-electron chi connectivity index (χ2n) is 4.63. The molecular weight excluding hydrogens is 271 g/mol. The first-order chi connectivity index (χ1) is 7.81. The molecule has 0 nitrogen and oxygen atoms in total. The van der Waals surface area contributed by atoms with Gasteiger partial charge in [-0.3, -0.25) is 0 Å². The third kappa shape index (κ3) is 2.95. The maximum absolute atomic E-state index is 2.38. The summed E-state index contributed by atoms with van der Waals surface area (Å²) in [5.74, 6) is 0.691. The summed E-state index contributed by atoms with van der Waals surface area (Å²) >= 11 is 1.72. The van der Waals surface area contributed by atoms with Crippen molar-refractivity contribution in [1.29, 1.82) is 0 Å². The van der Waals surface area contributed by atoms with Crippen LogP contribution in [0.15, 0.2) is 30.3 Å². The van der Waals surface area contributed by atoms with E-state index in [4.69, 9.17) is 0 Å². The predicted octanol–water partition coefficient (Wildman–Crippen LogP) is 4.71. The van der Waals surface area contributed by atoms with E-state index in [1.54, 1.807) is 30.3 Å². The summed E-state index contributed by atoms with van der Waals surface area (Å²) < 4.78 is 0.979. The van der Waals surface area contributed by atoms with E-state index in [-0.39, 0.29) is 0 Å². The topological polar surface area (TPSA) is 0 Å². The Morgan fingerprint density at radius 3 is 2.94 bits per heavy atom. The molecule has 0 N–H and O–H groups in total. The molecule has 0 spiro atoms. The van der Waals surface area contributed by atoms with Crippen LogP contribution in [-0.4, -0.2) is 0 Å². The summed E-state index contributed by atoms with van der Waals surface area (Å²) in [6.07, 6.45) is 10.2. The van der Waals surface area contributed by atoms with Crippen LogP contribution in [0.3, 0.4) is 0 Å². The molecule has 1 heteroatoms. The average Bonchev–Trinajstić information content (AvgIpc) is 2.73. The third-order valence-electron chi connectivity index (χ3n) is 3.46. The van der Waals surface area contributed by atoms with E-state index < -0.39 is 0 Å². The molecule has 1 aromatic carbocycles. The van der Waals surface area contributed by atoms with E-state index in [0.717, 1.165) is 3.63 Å². The Morgan fingerprint density at radius 1 is 1.31 bits per heavy atom.